The summed E-state index contributed by atoms with van der Waals surface area (Å²) in [6, 6.07) is 0. The van der Waals surface area contributed by atoms with Crippen molar-refractivity contribution in [3.8, 4) is 0 Å². The van der Waals surface area contributed by atoms with Crippen LogP contribution in [-0.2, 0) is 14.3 Å². The summed E-state index contributed by atoms with van der Waals surface area (Å²) in [4.78, 5) is 10.3. The van der Waals surface area contributed by atoms with Gasteiger partial charge in [-0.25, -0.2) is 4.39 Å². The molecular weight excluding hydrogens is 163 g/mol. The molecule has 3 atom stereocenters. The second-order valence-corrected chi connectivity index (χ2v) is 2.80. The zero-order valence-corrected chi connectivity index (χ0v) is 7.25. The zero-order chi connectivity index (χ0) is 9.19. The van der Waals surface area contributed by atoms with Gasteiger partial charge in [-0.2, -0.15) is 0 Å². The summed E-state index contributed by atoms with van der Waals surface area (Å²) in [5.74, 6) is -1.78. The third-order valence-electron chi connectivity index (χ3n) is 2.06. The fraction of sp³-hybridized carbons (Fsp3) is 0.875. The van der Waals surface area contributed by atoms with Crippen LogP contribution in [0.4, 0.5) is 4.39 Å². The van der Waals surface area contributed by atoms with Crippen LogP contribution in [0.15, 0.2) is 0 Å². The first-order valence-corrected chi connectivity index (χ1v) is 4.13. The molecule has 4 heteroatoms. The van der Waals surface area contributed by atoms with Crippen molar-refractivity contribution in [3.63, 3.8) is 0 Å². The van der Waals surface area contributed by atoms with Crippen LogP contribution >= 0.6 is 0 Å². The Morgan fingerprint density at radius 1 is 1.58 bits per heavy atom. The van der Waals surface area contributed by atoms with E-state index in [4.69, 9.17) is 9.47 Å². The van der Waals surface area contributed by atoms with Crippen molar-refractivity contribution in [2.75, 3.05) is 0 Å². The first-order valence-electron chi connectivity index (χ1n) is 4.13. The van der Waals surface area contributed by atoms with Crippen molar-refractivity contribution in [1.29, 1.82) is 0 Å². The average Bonchev–Trinajstić information content (AvgIpc) is 2.43. The molecule has 1 rings (SSSR count). The predicted octanol–water partition coefficient (Wildman–Crippen LogP) is 1.41. The molecule has 1 heterocycles. The summed E-state index contributed by atoms with van der Waals surface area (Å²) in [5.41, 5.74) is 0. The maximum atomic E-state index is 13.6. The smallest absolute Gasteiger partial charge is 0.238 e. The summed E-state index contributed by atoms with van der Waals surface area (Å²) in [6.45, 7) is 3.46. The van der Waals surface area contributed by atoms with Crippen molar-refractivity contribution >= 4 is 6.29 Å². The maximum absolute atomic E-state index is 13.6. The molecular formula is C8H13FO3. The molecule has 3 nitrogen and oxygen atoms in total. The number of aldehydes is 1. The number of carbonyl (C=O) groups is 1. The summed E-state index contributed by atoms with van der Waals surface area (Å²) in [6.07, 6.45) is -0.456. The molecule has 0 bridgehead atoms. The van der Waals surface area contributed by atoms with E-state index in [2.05, 4.69) is 0 Å². The van der Waals surface area contributed by atoms with E-state index in [0.29, 0.717) is 12.7 Å². The molecule has 0 radical (unpaired) electrons. The van der Waals surface area contributed by atoms with Gasteiger partial charge in [0.2, 0.25) is 12.1 Å². The van der Waals surface area contributed by atoms with E-state index in [1.807, 2.05) is 0 Å². The third-order valence-corrected chi connectivity index (χ3v) is 2.06. The monoisotopic (exact) mass is 176 g/mol. The molecule has 0 N–H and O–H groups in total. The Balaban J connectivity index is 2.68. The summed E-state index contributed by atoms with van der Waals surface area (Å²) < 4.78 is 23.4. The minimum absolute atomic E-state index is 0.204. The van der Waals surface area contributed by atoms with E-state index in [1.165, 1.54) is 0 Å². The normalized spacial score (nSPS) is 41.6. The van der Waals surface area contributed by atoms with Crippen molar-refractivity contribution in [1.82, 2.24) is 0 Å². The van der Waals surface area contributed by atoms with Gasteiger partial charge in [-0.05, 0) is 6.42 Å². The minimum atomic E-state index is -1.78. The van der Waals surface area contributed by atoms with Gasteiger partial charge in [0.15, 0.2) is 6.29 Å². The molecule has 0 saturated carbocycles. The number of hydrogen-bond donors (Lipinski definition) is 0. The molecule has 12 heavy (non-hydrogen) atoms. The molecule has 0 spiro atoms. The number of alkyl halides is 1. The van der Waals surface area contributed by atoms with Crippen LogP contribution in [0.25, 0.3) is 0 Å². The van der Waals surface area contributed by atoms with Gasteiger partial charge in [0.05, 0.1) is 0 Å². The second kappa shape index (κ2) is 3.49. The van der Waals surface area contributed by atoms with Gasteiger partial charge in [0.1, 0.15) is 6.10 Å². The molecule has 0 aromatic carbocycles. The third kappa shape index (κ3) is 1.49. The largest absolute Gasteiger partial charge is 0.337 e. The molecule has 0 aromatic heterocycles. The predicted molar refractivity (Wildman–Crippen MR) is 40.2 cm³/mol. The van der Waals surface area contributed by atoms with Crippen LogP contribution in [0.5, 0.6) is 0 Å². The number of ether oxygens (including phenoxy) is 2. The quantitative estimate of drug-likeness (QED) is 0.610. The van der Waals surface area contributed by atoms with Crippen molar-refractivity contribution in [3.05, 3.63) is 0 Å². The Hall–Kier alpha value is -0.480. The van der Waals surface area contributed by atoms with Crippen LogP contribution in [0.2, 0.25) is 0 Å². The molecule has 3 unspecified atom stereocenters. The van der Waals surface area contributed by atoms with Gasteiger partial charge in [0, 0.05) is 6.42 Å². The first kappa shape index (κ1) is 9.61. The average molecular weight is 176 g/mol. The highest BCUT2D eigenvalue weighted by Crippen LogP contribution is 2.35. The standard InChI is InChI=1S/C8H13FO3/c1-3-6-8(9,4-2)12-7(5-10)11-6/h5-7H,3-4H2,1-2H3. The Morgan fingerprint density at radius 2 is 2.25 bits per heavy atom. The van der Waals surface area contributed by atoms with E-state index in [0.717, 1.165) is 0 Å². The lowest BCUT2D eigenvalue weighted by molar-refractivity contribution is -0.159. The van der Waals surface area contributed by atoms with Gasteiger partial charge in [-0.15, -0.1) is 0 Å². The van der Waals surface area contributed by atoms with Crippen LogP contribution in [0.1, 0.15) is 26.7 Å². The van der Waals surface area contributed by atoms with Crippen LogP contribution in [0, 0.1) is 0 Å². The zero-order valence-electron chi connectivity index (χ0n) is 7.25. The Labute approximate surface area is 70.8 Å². The van der Waals surface area contributed by atoms with Crippen molar-refractivity contribution in [2.24, 2.45) is 0 Å². The summed E-state index contributed by atoms with van der Waals surface area (Å²) >= 11 is 0. The number of carbonyl (C=O) groups excluding carboxylic acids is 1. The Bertz CT molecular complexity index is 174. The van der Waals surface area contributed by atoms with Crippen molar-refractivity contribution < 1.29 is 18.7 Å². The Morgan fingerprint density at radius 3 is 2.58 bits per heavy atom. The van der Waals surface area contributed by atoms with Crippen LogP contribution < -0.4 is 0 Å². The topological polar surface area (TPSA) is 35.5 Å². The van der Waals surface area contributed by atoms with Gasteiger partial charge < -0.3 is 9.47 Å². The minimum Gasteiger partial charge on any atom is -0.337 e. The van der Waals surface area contributed by atoms with E-state index >= 15 is 0 Å². The number of rotatable bonds is 3. The number of hydrogen-bond acceptors (Lipinski definition) is 3. The first-order chi connectivity index (χ1) is 5.66. The van der Waals surface area contributed by atoms with E-state index < -0.39 is 18.2 Å². The van der Waals surface area contributed by atoms with Gasteiger partial charge in [-0.3, -0.25) is 4.79 Å². The lowest BCUT2D eigenvalue weighted by atomic mass is 10.1. The fourth-order valence-electron chi connectivity index (χ4n) is 1.33. The molecule has 0 aromatic rings. The molecule has 0 aliphatic carbocycles. The molecule has 1 fully saturated rings. The van der Waals surface area contributed by atoms with E-state index in [1.54, 1.807) is 13.8 Å². The van der Waals surface area contributed by atoms with Gasteiger partial charge in [-0.1, -0.05) is 13.8 Å². The van der Waals surface area contributed by atoms with Crippen LogP contribution in [-0.4, -0.2) is 24.5 Å². The molecule has 1 saturated heterocycles. The fourth-order valence-corrected chi connectivity index (χ4v) is 1.33. The van der Waals surface area contributed by atoms with E-state index in [9.17, 15) is 9.18 Å². The number of halogens is 1. The SMILES string of the molecule is CCC1OC(C=O)OC1(F)CC. The highest BCUT2D eigenvalue weighted by molar-refractivity contribution is 5.54. The maximum Gasteiger partial charge on any atom is 0.238 e. The van der Waals surface area contributed by atoms with E-state index in [-0.39, 0.29) is 6.42 Å². The second-order valence-electron chi connectivity index (χ2n) is 2.80. The highest BCUT2D eigenvalue weighted by Gasteiger charge is 2.48. The van der Waals surface area contributed by atoms with Crippen molar-refractivity contribution in [2.45, 2.75) is 44.9 Å². The van der Waals surface area contributed by atoms with Crippen LogP contribution in [0.3, 0.4) is 0 Å². The Kier molecular flexibility index (Phi) is 2.80. The summed E-state index contributed by atoms with van der Waals surface area (Å²) in [7, 11) is 0. The summed E-state index contributed by atoms with van der Waals surface area (Å²) in [5, 5.41) is 0. The van der Waals surface area contributed by atoms with Gasteiger partial charge >= 0.3 is 0 Å². The van der Waals surface area contributed by atoms with Gasteiger partial charge in [0.25, 0.3) is 0 Å². The molecule has 1 aliphatic heterocycles. The lowest BCUT2D eigenvalue weighted by Crippen LogP contribution is -2.33. The molecule has 0 amide bonds. The molecule has 1 aliphatic rings. The highest BCUT2D eigenvalue weighted by atomic mass is 19.2. The molecule has 70 valence electrons. The lowest BCUT2D eigenvalue weighted by Gasteiger charge is -2.20.